The van der Waals surface area contributed by atoms with Crippen LogP contribution in [0.3, 0.4) is 0 Å². The molecule has 1 atom stereocenters. The van der Waals surface area contributed by atoms with Gasteiger partial charge in [0.15, 0.2) is 0 Å². The van der Waals surface area contributed by atoms with Gasteiger partial charge in [-0.2, -0.15) is 0 Å². The third kappa shape index (κ3) is 2.74. The van der Waals surface area contributed by atoms with E-state index in [1.165, 1.54) is 11.1 Å². The van der Waals surface area contributed by atoms with Crippen molar-refractivity contribution in [3.8, 4) is 0 Å². The third-order valence-corrected chi connectivity index (χ3v) is 3.05. The van der Waals surface area contributed by atoms with Crippen molar-refractivity contribution in [2.24, 2.45) is 0 Å². The molecule has 0 saturated heterocycles. The monoisotopic (exact) mass is 241 g/mol. The van der Waals surface area contributed by atoms with Gasteiger partial charge in [-0.25, -0.2) is 0 Å². The van der Waals surface area contributed by atoms with E-state index in [4.69, 9.17) is 11.5 Å². The van der Waals surface area contributed by atoms with Crippen LogP contribution in [0.5, 0.6) is 0 Å². The summed E-state index contributed by atoms with van der Waals surface area (Å²) in [5, 5.41) is 3.41. The quantitative estimate of drug-likeness (QED) is 0.722. The fraction of sp³-hybridized carbons (Fsp3) is 0.200. The highest BCUT2D eigenvalue weighted by Crippen LogP contribution is 2.24. The van der Waals surface area contributed by atoms with Crippen molar-refractivity contribution in [1.82, 2.24) is 0 Å². The summed E-state index contributed by atoms with van der Waals surface area (Å²) < 4.78 is 0. The lowest BCUT2D eigenvalue weighted by Crippen LogP contribution is -2.07. The van der Waals surface area contributed by atoms with Crippen LogP contribution in [0.25, 0.3) is 0 Å². The highest BCUT2D eigenvalue weighted by molar-refractivity contribution is 5.69. The summed E-state index contributed by atoms with van der Waals surface area (Å²) in [6.45, 7) is 4.21. The second-order valence-electron chi connectivity index (χ2n) is 4.62. The number of aryl methyl sites for hydroxylation is 1. The van der Waals surface area contributed by atoms with Crippen LogP contribution in [0.4, 0.5) is 17.1 Å². The van der Waals surface area contributed by atoms with Gasteiger partial charge in [-0.3, -0.25) is 0 Å². The Hall–Kier alpha value is -2.16. The molecule has 5 N–H and O–H groups in total. The molecule has 2 aromatic rings. The minimum absolute atomic E-state index is 0.230. The molecule has 0 heterocycles. The van der Waals surface area contributed by atoms with Gasteiger partial charge in [0.05, 0.1) is 11.4 Å². The van der Waals surface area contributed by atoms with Crippen molar-refractivity contribution in [3.63, 3.8) is 0 Å². The standard InChI is InChI=1S/C15H19N3/c1-10-3-5-12(6-4-10)11(2)18-13-7-8-14(16)15(17)9-13/h3-9,11,18H,16-17H2,1-2H3. The number of hydrogen-bond acceptors (Lipinski definition) is 3. The van der Waals surface area contributed by atoms with Crippen molar-refractivity contribution in [2.45, 2.75) is 19.9 Å². The van der Waals surface area contributed by atoms with E-state index in [0.29, 0.717) is 11.4 Å². The molecular formula is C15H19N3. The molecule has 3 nitrogen and oxygen atoms in total. The molecule has 0 spiro atoms. The van der Waals surface area contributed by atoms with Crippen molar-refractivity contribution >= 4 is 17.1 Å². The van der Waals surface area contributed by atoms with Crippen molar-refractivity contribution in [1.29, 1.82) is 0 Å². The Kier molecular flexibility index (Phi) is 3.42. The maximum atomic E-state index is 5.79. The molecule has 0 amide bonds. The van der Waals surface area contributed by atoms with E-state index in [9.17, 15) is 0 Å². The average molecular weight is 241 g/mol. The number of hydrogen-bond donors (Lipinski definition) is 3. The fourth-order valence-corrected chi connectivity index (χ4v) is 1.85. The molecule has 94 valence electrons. The molecule has 0 bridgehead atoms. The minimum Gasteiger partial charge on any atom is -0.397 e. The van der Waals surface area contributed by atoms with Gasteiger partial charge in [0.1, 0.15) is 0 Å². The van der Waals surface area contributed by atoms with E-state index in [2.05, 4.69) is 43.4 Å². The Bertz CT molecular complexity index is 532. The number of nitrogens with two attached hydrogens (primary N) is 2. The fourth-order valence-electron chi connectivity index (χ4n) is 1.85. The molecule has 2 aromatic carbocycles. The highest BCUT2D eigenvalue weighted by atomic mass is 14.9. The number of nitrogens with one attached hydrogen (secondary N) is 1. The van der Waals surface area contributed by atoms with E-state index in [0.717, 1.165) is 5.69 Å². The third-order valence-electron chi connectivity index (χ3n) is 3.05. The van der Waals surface area contributed by atoms with Gasteiger partial charge >= 0.3 is 0 Å². The van der Waals surface area contributed by atoms with Gasteiger partial charge in [-0.1, -0.05) is 29.8 Å². The molecular weight excluding hydrogens is 222 g/mol. The summed E-state index contributed by atoms with van der Waals surface area (Å²) in [5.41, 5.74) is 16.2. The van der Waals surface area contributed by atoms with Crippen LogP contribution in [0, 0.1) is 6.92 Å². The zero-order valence-electron chi connectivity index (χ0n) is 10.8. The number of benzene rings is 2. The molecule has 0 saturated carbocycles. The van der Waals surface area contributed by atoms with Crippen LogP contribution < -0.4 is 16.8 Å². The van der Waals surface area contributed by atoms with Gasteiger partial charge < -0.3 is 16.8 Å². The Labute approximate surface area is 108 Å². The van der Waals surface area contributed by atoms with E-state index < -0.39 is 0 Å². The zero-order valence-corrected chi connectivity index (χ0v) is 10.8. The van der Waals surface area contributed by atoms with Gasteiger partial charge in [0, 0.05) is 11.7 Å². The highest BCUT2D eigenvalue weighted by Gasteiger charge is 2.05. The SMILES string of the molecule is Cc1ccc(C(C)Nc2ccc(N)c(N)c2)cc1. The summed E-state index contributed by atoms with van der Waals surface area (Å²) in [4.78, 5) is 0. The first-order valence-corrected chi connectivity index (χ1v) is 6.04. The lowest BCUT2D eigenvalue weighted by atomic mass is 10.1. The summed E-state index contributed by atoms with van der Waals surface area (Å²) in [6, 6.07) is 14.3. The molecule has 1 unspecified atom stereocenters. The Morgan fingerprint density at radius 2 is 1.61 bits per heavy atom. The van der Waals surface area contributed by atoms with E-state index in [-0.39, 0.29) is 6.04 Å². The molecule has 0 aliphatic carbocycles. The first kappa shape index (κ1) is 12.3. The molecule has 0 aliphatic heterocycles. The second kappa shape index (κ2) is 5.00. The Morgan fingerprint density at radius 3 is 2.22 bits per heavy atom. The van der Waals surface area contributed by atoms with Crippen LogP contribution in [0.1, 0.15) is 24.1 Å². The van der Waals surface area contributed by atoms with E-state index in [1.807, 2.05) is 18.2 Å². The molecule has 18 heavy (non-hydrogen) atoms. The predicted octanol–water partition coefficient (Wildman–Crippen LogP) is 3.33. The van der Waals surface area contributed by atoms with E-state index >= 15 is 0 Å². The summed E-state index contributed by atoms with van der Waals surface area (Å²) in [5.74, 6) is 0. The second-order valence-corrected chi connectivity index (χ2v) is 4.62. The van der Waals surface area contributed by atoms with Gasteiger partial charge in [0.25, 0.3) is 0 Å². The molecule has 0 fully saturated rings. The van der Waals surface area contributed by atoms with Crippen LogP contribution in [-0.4, -0.2) is 0 Å². The maximum absolute atomic E-state index is 5.79. The smallest absolute Gasteiger partial charge is 0.0568 e. The predicted molar refractivity (Wildman–Crippen MR) is 78.5 cm³/mol. The average Bonchev–Trinajstić information content (AvgIpc) is 2.34. The number of rotatable bonds is 3. The first-order chi connectivity index (χ1) is 8.56. The van der Waals surface area contributed by atoms with Gasteiger partial charge in [0.2, 0.25) is 0 Å². The largest absolute Gasteiger partial charge is 0.397 e. The normalized spacial score (nSPS) is 12.1. The molecule has 3 heteroatoms. The minimum atomic E-state index is 0.230. The van der Waals surface area contributed by atoms with E-state index in [1.54, 1.807) is 0 Å². The van der Waals surface area contributed by atoms with Crippen LogP contribution in [0.2, 0.25) is 0 Å². The van der Waals surface area contributed by atoms with Crippen molar-refractivity contribution < 1.29 is 0 Å². The molecule has 0 aliphatic rings. The lowest BCUT2D eigenvalue weighted by molar-refractivity contribution is 0.884. The van der Waals surface area contributed by atoms with Crippen LogP contribution >= 0.6 is 0 Å². The van der Waals surface area contributed by atoms with Crippen molar-refractivity contribution in [3.05, 3.63) is 53.6 Å². The summed E-state index contributed by atoms with van der Waals surface area (Å²) >= 11 is 0. The summed E-state index contributed by atoms with van der Waals surface area (Å²) in [6.07, 6.45) is 0. The topological polar surface area (TPSA) is 64.1 Å². The molecule has 0 radical (unpaired) electrons. The van der Waals surface area contributed by atoms with Gasteiger partial charge in [-0.15, -0.1) is 0 Å². The van der Waals surface area contributed by atoms with Crippen LogP contribution in [0.15, 0.2) is 42.5 Å². The molecule has 0 aromatic heterocycles. The summed E-state index contributed by atoms with van der Waals surface area (Å²) in [7, 11) is 0. The Morgan fingerprint density at radius 1 is 0.944 bits per heavy atom. The lowest BCUT2D eigenvalue weighted by Gasteiger charge is -2.16. The maximum Gasteiger partial charge on any atom is 0.0568 e. The first-order valence-electron chi connectivity index (χ1n) is 6.04. The van der Waals surface area contributed by atoms with Crippen molar-refractivity contribution in [2.75, 3.05) is 16.8 Å². The van der Waals surface area contributed by atoms with Gasteiger partial charge in [-0.05, 0) is 37.6 Å². The zero-order chi connectivity index (χ0) is 13.1. The Balaban J connectivity index is 2.13. The molecule has 2 rings (SSSR count). The van der Waals surface area contributed by atoms with Crippen LogP contribution in [-0.2, 0) is 0 Å². The number of nitrogen functional groups attached to an aromatic ring is 2. The number of anilines is 3.